The third-order valence-electron chi connectivity index (χ3n) is 1.90. The van der Waals surface area contributed by atoms with Crippen LogP contribution in [0.25, 0.3) is 0 Å². The summed E-state index contributed by atoms with van der Waals surface area (Å²) in [5.74, 6) is 0.704. The average Bonchev–Trinajstić information content (AvgIpc) is 2.25. The number of para-hydroxylation sites is 1. The number of rotatable bonds is 4. The number of ether oxygens (including phenoxy) is 1. The molecular weight excluding hydrogens is 190 g/mol. The van der Waals surface area contributed by atoms with Crippen LogP contribution in [0.1, 0.15) is 19.4 Å². The van der Waals surface area contributed by atoms with Crippen LogP contribution in [-0.4, -0.2) is 17.5 Å². The first-order valence-corrected chi connectivity index (χ1v) is 4.70. The Bertz CT molecular complexity index is 383. The Morgan fingerprint density at radius 1 is 1.40 bits per heavy atom. The van der Waals surface area contributed by atoms with E-state index >= 15 is 0 Å². The zero-order chi connectivity index (χ0) is 11.3. The van der Waals surface area contributed by atoms with E-state index in [2.05, 4.69) is 11.7 Å². The van der Waals surface area contributed by atoms with Crippen molar-refractivity contribution in [1.29, 1.82) is 0 Å². The zero-order valence-electron chi connectivity index (χ0n) is 9.03. The highest BCUT2D eigenvalue weighted by molar-refractivity contribution is 6.00. The largest absolute Gasteiger partial charge is 0.489 e. The Morgan fingerprint density at radius 2 is 2.07 bits per heavy atom. The number of oxime groups is 1. The van der Waals surface area contributed by atoms with E-state index in [-0.39, 0.29) is 0 Å². The molecule has 0 aliphatic heterocycles. The second-order valence-corrected chi connectivity index (χ2v) is 3.43. The fourth-order valence-corrected chi connectivity index (χ4v) is 1.15. The van der Waals surface area contributed by atoms with Crippen LogP contribution in [0.4, 0.5) is 0 Å². The van der Waals surface area contributed by atoms with Crippen molar-refractivity contribution in [2.45, 2.75) is 13.8 Å². The van der Waals surface area contributed by atoms with Crippen LogP contribution in [0.3, 0.4) is 0 Å². The SMILES string of the molecule is C=C(C)COc1ccccc1/C(C)=N/O. The minimum absolute atomic E-state index is 0.468. The van der Waals surface area contributed by atoms with Crippen molar-refractivity contribution in [3.8, 4) is 5.75 Å². The maximum Gasteiger partial charge on any atom is 0.128 e. The van der Waals surface area contributed by atoms with Gasteiger partial charge in [-0.15, -0.1) is 0 Å². The Hall–Kier alpha value is -1.77. The second-order valence-electron chi connectivity index (χ2n) is 3.43. The Kier molecular flexibility index (Phi) is 3.92. The molecule has 0 aliphatic rings. The monoisotopic (exact) mass is 205 g/mol. The van der Waals surface area contributed by atoms with E-state index in [1.807, 2.05) is 31.2 Å². The summed E-state index contributed by atoms with van der Waals surface area (Å²) in [5.41, 5.74) is 2.27. The Morgan fingerprint density at radius 3 is 2.67 bits per heavy atom. The summed E-state index contributed by atoms with van der Waals surface area (Å²) in [6.07, 6.45) is 0. The van der Waals surface area contributed by atoms with Gasteiger partial charge in [0.1, 0.15) is 12.4 Å². The fraction of sp³-hybridized carbons (Fsp3) is 0.250. The van der Waals surface area contributed by atoms with E-state index in [0.29, 0.717) is 18.1 Å². The van der Waals surface area contributed by atoms with Gasteiger partial charge in [-0.2, -0.15) is 0 Å². The molecule has 80 valence electrons. The minimum atomic E-state index is 0.468. The molecule has 3 nitrogen and oxygen atoms in total. The van der Waals surface area contributed by atoms with Gasteiger partial charge in [-0.05, 0) is 31.6 Å². The lowest BCUT2D eigenvalue weighted by Crippen LogP contribution is -2.03. The predicted molar refractivity (Wildman–Crippen MR) is 60.7 cm³/mol. The molecule has 0 aromatic heterocycles. The van der Waals surface area contributed by atoms with Gasteiger partial charge in [0.25, 0.3) is 0 Å². The molecule has 1 rings (SSSR count). The van der Waals surface area contributed by atoms with Crippen LogP contribution in [0.2, 0.25) is 0 Å². The highest BCUT2D eigenvalue weighted by Gasteiger charge is 2.05. The van der Waals surface area contributed by atoms with Gasteiger partial charge in [0.15, 0.2) is 0 Å². The number of hydrogen-bond acceptors (Lipinski definition) is 3. The normalized spacial score (nSPS) is 11.2. The lowest BCUT2D eigenvalue weighted by atomic mass is 10.1. The van der Waals surface area contributed by atoms with Crippen molar-refractivity contribution in [3.63, 3.8) is 0 Å². The highest BCUT2D eigenvalue weighted by atomic mass is 16.5. The first-order chi connectivity index (χ1) is 7.15. The summed E-state index contributed by atoms with van der Waals surface area (Å²) < 4.78 is 5.53. The molecule has 1 N–H and O–H groups in total. The quantitative estimate of drug-likeness (QED) is 0.355. The van der Waals surface area contributed by atoms with Gasteiger partial charge in [0.2, 0.25) is 0 Å². The first kappa shape index (κ1) is 11.3. The van der Waals surface area contributed by atoms with Gasteiger partial charge in [-0.1, -0.05) is 23.9 Å². The molecule has 1 aromatic rings. The van der Waals surface area contributed by atoms with E-state index in [4.69, 9.17) is 9.94 Å². The standard InChI is InChI=1S/C12H15NO2/c1-9(2)8-15-12-7-5-4-6-11(12)10(3)13-14/h4-7,14H,1,8H2,2-3H3/b13-10+. The maximum atomic E-state index is 8.70. The van der Waals surface area contributed by atoms with E-state index in [9.17, 15) is 0 Å². The first-order valence-electron chi connectivity index (χ1n) is 4.70. The topological polar surface area (TPSA) is 41.8 Å². The van der Waals surface area contributed by atoms with Gasteiger partial charge >= 0.3 is 0 Å². The molecule has 0 radical (unpaired) electrons. The van der Waals surface area contributed by atoms with E-state index in [1.54, 1.807) is 6.92 Å². The van der Waals surface area contributed by atoms with Gasteiger partial charge < -0.3 is 9.94 Å². The summed E-state index contributed by atoms with van der Waals surface area (Å²) in [7, 11) is 0. The Labute approximate surface area is 89.7 Å². The summed E-state index contributed by atoms with van der Waals surface area (Å²) in [6.45, 7) is 7.85. The third kappa shape index (κ3) is 3.13. The molecule has 0 bridgehead atoms. The summed E-state index contributed by atoms with van der Waals surface area (Å²) >= 11 is 0. The predicted octanol–water partition coefficient (Wildman–Crippen LogP) is 2.84. The molecule has 0 aliphatic carbocycles. The molecule has 15 heavy (non-hydrogen) atoms. The van der Waals surface area contributed by atoms with Crippen molar-refractivity contribution in [1.82, 2.24) is 0 Å². The lowest BCUT2D eigenvalue weighted by molar-refractivity contribution is 0.318. The molecule has 0 spiro atoms. The van der Waals surface area contributed by atoms with Gasteiger partial charge in [-0.25, -0.2) is 0 Å². The molecule has 0 fully saturated rings. The summed E-state index contributed by atoms with van der Waals surface area (Å²) in [4.78, 5) is 0. The highest BCUT2D eigenvalue weighted by Crippen LogP contribution is 2.19. The summed E-state index contributed by atoms with van der Waals surface area (Å²) in [5, 5.41) is 11.9. The van der Waals surface area contributed by atoms with Crippen molar-refractivity contribution in [2.75, 3.05) is 6.61 Å². The van der Waals surface area contributed by atoms with Crippen molar-refractivity contribution in [3.05, 3.63) is 42.0 Å². The van der Waals surface area contributed by atoms with Crippen molar-refractivity contribution in [2.24, 2.45) is 5.16 Å². The Balaban J connectivity index is 2.91. The molecule has 0 saturated carbocycles. The summed E-state index contributed by atoms with van der Waals surface area (Å²) in [6, 6.07) is 7.44. The van der Waals surface area contributed by atoms with Crippen molar-refractivity contribution < 1.29 is 9.94 Å². The smallest absolute Gasteiger partial charge is 0.128 e. The molecule has 0 heterocycles. The number of hydrogen-bond donors (Lipinski definition) is 1. The van der Waals surface area contributed by atoms with Crippen LogP contribution >= 0.6 is 0 Å². The third-order valence-corrected chi connectivity index (χ3v) is 1.90. The van der Waals surface area contributed by atoms with Crippen molar-refractivity contribution >= 4 is 5.71 Å². The zero-order valence-corrected chi connectivity index (χ0v) is 9.03. The molecule has 0 atom stereocenters. The van der Waals surface area contributed by atoms with Gasteiger partial charge in [0, 0.05) is 5.56 Å². The lowest BCUT2D eigenvalue weighted by Gasteiger charge is -2.10. The van der Waals surface area contributed by atoms with Gasteiger partial charge in [-0.3, -0.25) is 0 Å². The van der Waals surface area contributed by atoms with Crippen LogP contribution in [0.15, 0.2) is 41.6 Å². The number of nitrogens with zero attached hydrogens (tertiary/aromatic N) is 1. The average molecular weight is 205 g/mol. The molecule has 3 heteroatoms. The molecule has 0 unspecified atom stereocenters. The van der Waals surface area contributed by atoms with E-state index < -0.39 is 0 Å². The van der Waals surface area contributed by atoms with Crippen LogP contribution in [0, 0.1) is 0 Å². The molecular formula is C12H15NO2. The van der Waals surface area contributed by atoms with E-state index in [0.717, 1.165) is 11.1 Å². The van der Waals surface area contributed by atoms with Crippen LogP contribution in [0.5, 0.6) is 5.75 Å². The van der Waals surface area contributed by atoms with Crippen LogP contribution in [-0.2, 0) is 0 Å². The minimum Gasteiger partial charge on any atom is -0.489 e. The van der Waals surface area contributed by atoms with E-state index in [1.165, 1.54) is 0 Å². The fourth-order valence-electron chi connectivity index (χ4n) is 1.15. The molecule has 0 amide bonds. The van der Waals surface area contributed by atoms with Gasteiger partial charge in [0.05, 0.1) is 5.71 Å². The molecule has 0 saturated heterocycles. The second kappa shape index (κ2) is 5.20. The number of benzene rings is 1. The maximum absolute atomic E-state index is 8.70. The van der Waals surface area contributed by atoms with Crippen LogP contribution < -0.4 is 4.74 Å². The molecule has 1 aromatic carbocycles.